The summed E-state index contributed by atoms with van der Waals surface area (Å²) in [5.74, 6) is 0. The Hall–Kier alpha value is -7.66. The molecular weight excluding hydrogens is 813 g/mol. The van der Waals surface area contributed by atoms with Crippen molar-refractivity contribution < 1.29 is 9.68 Å². The SMILES string of the molecule is c1ccc(C2NOC(c3ccc(-c4ccc(-n5c6ccccc6c6c7c8ccccc8n(-c8ccc(-c9ccc(C%10NC(c%11ccccc%11)NO%10)cc9)cc8)c7ccc65)cc4)cc3)N2)cc1. The molecule has 0 aliphatic carbocycles. The molecule has 66 heavy (non-hydrogen) atoms. The Morgan fingerprint density at radius 1 is 0.303 bits per heavy atom. The molecule has 9 aromatic carbocycles. The molecule has 2 aliphatic rings. The second kappa shape index (κ2) is 16.1. The number of hydroxylamine groups is 2. The number of hydrogen-bond acceptors (Lipinski definition) is 6. The second-order valence-electron chi connectivity index (χ2n) is 17.1. The molecule has 2 aliphatic heterocycles. The smallest absolute Gasteiger partial charge is 0.156 e. The van der Waals surface area contributed by atoms with Crippen molar-refractivity contribution in [2.45, 2.75) is 24.8 Å². The van der Waals surface area contributed by atoms with Crippen molar-refractivity contribution in [1.82, 2.24) is 30.7 Å². The predicted octanol–water partition coefficient (Wildman–Crippen LogP) is 12.9. The van der Waals surface area contributed by atoms with Gasteiger partial charge < -0.3 is 9.13 Å². The Morgan fingerprint density at radius 3 is 1.05 bits per heavy atom. The fourth-order valence-electron chi connectivity index (χ4n) is 10.0. The van der Waals surface area contributed by atoms with E-state index in [1.54, 1.807) is 0 Å². The van der Waals surface area contributed by atoms with Crippen molar-refractivity contribution >= 4 is 43.6 Å². The fourth-order valence-corrected chi connectivity index (χ4v) is 10.0. The molecule has 13 rings (SSSR count). The molecule has 0 saturated carbocycles. The standard InChI is InChI=1S/C58H44N6O2/c1-3-11-41(12-4-1)55-59-57(65-61-55)43-23-19-37(20-24-43)39-27-31-45(32-28-39)63-49-17-9-7-15-47(49)53-51(63)35-36-52-54(53)48-16-8-10-18-50(48)64(52)46-33-29-40(30-34-46)38-21-25-44(26-22-38)58-60-56(62-66-58)42-13-5-2-6-14-42/h1-36,55-62H. The van der Waals surface area contributed by atoms with E-state index < -0.39 is 0 Å². The summed E-state index contributed by atoms with van der Waals surface area (Å²) in [4.78, 5) is 11.9. The van der Waals surface area contributed by atoms with E-state index in [1.165, 1.54) is 43.6 Å². The monoisotopic (exact) mass is 856 g/mol. The molecule has 4 unspecified atom stereocenters. The maximum absolute atomic E-state index is 5.93. The Bertz CT molecular complexity index is 3290. The number of para-hydroxylation sites is 2. The third-order valence-electron chi connectivity index (χ3n) is 13.3. The molecule has 0 radical (unpaired) electrons. The summed E-state index contributed by atoms with van der Waals surface area (Å²) >= 11 is 0. The van der Waals surface area contributed by atoms with Crippen molar-refractivity contribution in [2.75, 3.05) is 0 Å². The number of hydrogen-bond donors (Lipinski definition) is 4. The molecule has 4 heterocycles. The molecule has 2 aromatic heterocycles. The summed E-state index contributed by atoms with van der Waals surface area (Å²) < 4.78 is 4.82. The van der Waals surface area contributed by atoms with Crippen molar-refractivity contribution in [3.05, 3.63) is 241 Å². The molecule has 2 saturated heterocycles. The van der Waals surface area contributed by atoms with Gasteiger partial charge in [-0.05, 0) is 93.0 Å². The third-order valence-corrected chi connectivity index (χ3v) is 13.3. The number of nitrogens with zero attached hydrogens (tertiary/aromatic N) is 2. The molecular formula is C58H44N6O2. The fraction of sp³-hybridized carbons (Fsp3) is 0.0690. The van der Waals surface area contributed by atoms with Crippen molar-refractivity contribution in [2.24, 2.45) is 0 Å². The predicted molar refractivity (Wildman–Crippen MR) is 265 cm³/mol. The summed E-state index contributed by atoms with van der Waals surface area (Å²) in [6, 6.07) is 77.9. The van der Waals surface area contributed by atoms with Gasteiger partial charge in [-0.25, -0.2) is 0 Å². The normalized spacial score (nSPS) is 18.5. The largest absolute Gasteiger partial charge is 0.309 e. The second-order valence-corrected chi connectivity index (χ2v) is 17.1. The molecule has 8 nitrogen and oxygen atoms in total. The average molecular weight is 857 g/mol. The van der Waals surface area contributed by atoms with E-state index in [2.05, 4.69) is 213 Å². The lowest BCUT2D eigenvalue weighted by Crippen LogP contribution is -2.21. The van der Waals surface area contributed by atoms with Crippen LogP contribution in [0, 0.1) is 0 Å². The zero-order chi connectivity index (χ0) is 43.6. The summed E-state index contributed by atoms with van der Waals surface area (Å²) in [6.07, 6.45) is -0.589. The number of fused-ring (bicyclic) bond motifs is 7. The van der Waals surface area contributed by atoms with Gasteiger partial charge in [0.15, 0.2) is 12.5 Å². The van der Waals surface area contributed by atoms with Gasteiger partial charge in [0.1, 0.15) is 12.3 Å². The highest BCUT2D eigenvalue weighted by Gasteiger charge is 2.28. The van der Waals surface area contributed by atoms with E-state index in [1.807, 2.05) is 36.4 Å². The van der Waals surface area contributed by atoms with Gasteiger partial charge >= 0.3 is 0 Å². The van der Waals surface area contributed by atoms with Crippen LogP contribution in [0.4, 0.5) is 0 Å². The lowest BCUT2D eigenvalue weighted by molar-refractivity contribution is 0.0214. The minimum atomic E-state index is -0.235. The van der Waals surface area contributed by atoms with Gasteiger partial charge in [-0.15, -0.1) is 0 Å². The molecule has 4 atom stereocenters. The molecule has 2 fully saturated rings. The maximum atomic E-state index is 5.93. The maximum Gasteiger partial charge on any atom is 0.156 e. The van der Waals surface area contributed by atoms with E-state index in [4.69, 9.17) is 9.68 Å². The number of benzene rings is 9. The lowest BCUT2D eigenvalue weighted by Gasteiger charge is -2.13. The number of aromatic nitrogens is 2. The first kappa shape index (κ1) is 38.8. The van der Waals surface area contributed by atoms with Crippen LogP contribution in [0.2, 0.25) is 0 Å². The average Bonchev–Trinajstić information content (AvgIpc) is 4.22. The van der Waals surface area contributed by atoms with Crippen LogP contribution in [-0.2, 0) is 9.68 Å². The third kappa shape index (κ3) is 6.63. The van der Waals surface area contributed by atoms with Gasteiger partial charge in [0.05, 0.1) is 22.1 Å². The van der Waals surface area contributed by atoms with Gasteiger partial charge in [-0.1, -0.05) is 170 Å². The van der Waals surface area contributed by atoms with E-state index in [9.17, 15) is 0 Å². The van der Waals surface area contributed by atoms with E-state index in [0.29, 0.717) is 0 Å². The quantitative estimate of drug-likeness (QED) is 0.122. The van der Waals surface area contributed by atoms with Gasteiger partial charge in [0.2, 0.25) is 0 Å². The van der Waals surface area contributed by atoms with Crippen molar-refractivity contribution in [3.63, 3.8) is 0 Å². The van der Waals surface area contributed by atoms with Crippen LogP contribution in [0.5, 0.6) is 0 Å². The number of nitrogens with one attached hydrogen (secondary N) is 4. The van der Waals surface area contributed by atoms with Crippen LogP contribution in [0.1, 0.15) is 47.0 Å². The molecule has 0 spiro atoms. The van der Waals surface area contributed by atoms with Crippen LogP contribution in [0.3, 0.4) is 0 Å². The first-order valence-electron chi connectivity index (χ1n) is 22.5. The van der Waals surface area contributed by atoms with Crippen LogP contribution in [-0.4, -0.2) is 9.13 Å². The van der Waals surface area contributed by atoms with Crippen LogP contribution in [0.25, 0.3) is 77.2 Å². The highest BCUT2D eigenvalue weighted by atomic mass is 16.7. The van der Waals surface area contributed by atoms with Crippen LogP contribution >= 0.6 is 0 Å². The van der Waals surface area contributed by atoms with Gasteiger partial charge in [-0.2, -0.15) is 11.0 Å². The van der Waals surface area contributed by atoms with Crippen LogP contribution in [0.15, 0.2) is 218 Å². The first-order chi connectivity index (χ1) is 32.7. The van der Waals surface area contributed by atoms with Gasteiger partial charge in [0, 0.05) is 32.9 Å². The molecule has 0 bridgehead atoms. The van der Waals surface area contributed by atoms with Crippen LogP contribution < -0.4 is 21.6 Å². The van der Waals surface area contributed by atoms with Crippen molar-refractivity contribution in [3.8, 4) is 33.6 Å². The highest BCUT2D eigenvalue weighted by Crippen LogP contribution is 2.43. The summed E-state index contributed by atoms with van der Waals surface area (Å²) in [5, 5.41) is 12.1. The van der Waals surface area contributed by atoms with Crippen molar-refractivity contribution in [1.29, 1.82) is 0 Å². The van der Waals surface area contributed by atoms with Gasteiger partial charge in [-0.3, -0.25) is 20.3 Å². The number of rotatable bonds is 8. The molecule has 11 aromatic rings. The summed E-state index contributed by atoms with van der Waals surface area (Å²) in [5.41, 5.74) is 22.3. The minimum Gasteiger partial charge on any atom is -0.309 e. The zero-order valence-electron chi connectivity index (χ0n) is 35.8. The van der Waals surface area contributed by atoms with E-state index in [-0.39, 0.29) is 24.8 Å². The molecule has 0 amide bonds. The topological polar surface area (TPSA) is 76.4 Å². The zero-order valence-corrected chi connectivity index (χ0v) is 35.8. The lowest BCUT2D eigenvalue weighted by atomic mass is 10.0. The minimum absolute atomic E-state index is 0.0589. The summed E-state index contributed by atoms with van der Waals surface area (Å²) in [6.45, 7) is 0. The molecule has 8 heteroatoms. The Kier molecular flexibility index (Phi) is 9.45. The molecule has 4 N–H and O–H groups in total. The Labute approximate surface area is 381 Å². The Morgan fingerprint density at radius 2 is 0.652 bits per heavy atom. The Balaban J connectivity index is 0.803. The van der Waals surface area contributed by atoms with Gasteiger partial charge in [0.25, 0.3) is 0 Å². The summed E-state index contributed by atoms with van der Waals surface area (Å²) in [7, 11) is 0. The molecule has 318 valence electrons. The highest BCUT2D eigenvalue weighted by molar-refractivity contribution is 6.28. The first-order valence-corrected chi connectivity index (χ1v) is 22.5. The van der Waals surface area contributed by atoms with E-state index >= 15 is 0 Å². The van der Waals surface area contributed by atoms with E-state index in [0.717, 1.165) is 55.9 Å².